The van der Waals surface area contributed by atoms with Crippen LogP contribution in [-0.2, 0) is 27.3 Å². The Hall–Kier alpha value is -3.00. The van der Waals surface area contributed by atoms with E-state index in [1.54, 1.807) is 16.9 Å². The van der Waals surface area contributed by atoms with Gasteiger partial charge in [-0.25, -0.2) is 9.97 Å². The standard InChI is InChI=1S/C23H28N4O4/c1-15-17-10-11-20(28)27(13-16-7-4-5-9-19(16)31-3)23(17)25-22(24-15)18-8-6-12-26(18)21(29)14-30-2/h4-5,7,9,18H,6,8,10-14H2,1-3H3/t18-/m0/s1. The Balaban J connectivity index is 1.71. The van der Waals surface area contributed by atoms with E-state index in [0.29, 0.717) is 37.6 Å². The fourth-order valence-corrected chi connectivity index (χ4v) is 4.46. The number of anilines is 1. The molecule has 1 aromatic heterocycles. The van der Waals surface area contributed by atoms with E-state index in [1.807, 2.05) is 31.2 Å². The molecule has 0 unspecified atom stereocenters. The molecule has 3 heterocycles. The van der Waals surface area contributed by atoms with Crippen molar-refractivity contribution in [2.75, 3.05) is 32.3 Å². The van der Waals surface area contributed by atoms with Crippen LogP contribution in [0.15, 0.2) is 24.3 Å². The molecule has 2 aliphatic rings. The Bertz CT molecular complexity index is 994. The van der Waals surface area contributed by atoms with Crippen molar-refractivity contribution >= 4 is 17.6 Å². The predicted octanol–water partition coefficient (Wildman–Crippen LogP) is 2.58. The molecular formula is C23H28N4O4. The number of amides is 2. The highest BCUT2D eigenvalue weighted by Crippen LogP contribution is 2.35. The highest BCUT2D eigenvalue weighted by Gasteiger charge is 2.35. The van der Waals surface area contributed by atoms with E-state index in [9.17, 15) is 9.59 Å². The molecule has 8 nitrogen and oxygen atoms in total. The van der Waals surface area contributed by atoms with E-state index in [4.69, 9.17) is 19.4 Å². The molecule has 0 bridgehead atoms. The highest BCUT2D eigenvalue weighted by molar-refractivity contribution is 5.95. The van der Waals surface area contributed by atoms with E-state index >= 15 is 0 Å². The average molecular weight is 425 g/mol. The van der Waals surface area contributed by atoms with E-state index in [2.05, 4.69) is 0 Å². The van der Waals surface area contributed by atoms with Crippen molar-refractivity contribution < 1.29 is 19.1 Å². The number of benzene rings is 1. The molecule has 4 rings (SSSR count). The first-order valence-electron chi connectivity index (χ1n) is 10.6. The summed E-state index contributed by atoms with van der Waals surface area (Å²) in [7, 11) is 3.14. The molecule has 2 amide bonds. The van der Waals surface area contributed by atoms with Gasteiger partial charge in [0.25, 0.3) is 0 Å². The third-order valence-corrected chi connectivity index (χ3v) is 6.01. The number of nitrogens with zero attached hydrogens (tertiary/aromatic N) is 4. The molecular weight excluding hydrogens is 396 g/mol. The molecule has 2 aliphatic heterocycles. The fourth-order valence-electron chi connectivity index (χ4n) is 4.46. The summed E-state index contributed by atoms with van der Waals surface area (Å²) in [4.78, 5) is 38.5. The largest absolute Gasteiger partial charge is 0.496 e. The third kappa shape index (κ3) is 4.12. The van der Waals surface area contributed by atoms with Crippen LogP contribution in [0.1, 0.15) is 47.9 Å². The Labute approximate surface area is 182 Å². The van der Waals surface area contributed by atoms with E-state index in [-0.39, 0.29) is 24.5 Å². The smallest absolute Gasteiger partial charge is 0.249 e. The van der Waals surface area contributed by atoms with Gasteiger partial charge in [-0.05, 0) is 32.3 Å². The Morgan fingerprint density at radius 2 is 2.00 bits per heavy atom. The second-order valence-electron chi connectivity index (χ2n) is 7.94. The Kier molecular flexibility index (Phi) is 6.18. The summed E-state index contributed by atoms with van der Waals surface area (Å²) in [5.41, 5.74) is 2.77. The van der Waals surface area contributed by atoms with Gasteiger partial charge >= 0.3 is 0 Å². The van der Waals surface area contributed by atoms with Crippen LogP contribution >= 0.6 is 0 Å². The number of para-hydroxylation sites is 1. The molecule has 164 valence electrons. The highest BCUT2D eigenvalue weighted by atomic mass is 16.5. The first kappa shape index (κ1) is 21.2. The summed E-state index contributed by atoms with van der Waals surface area (Å²) in [6, 6.07) is 7.49. The number of aromatic nitrogens is 2. The SMILES string of the molecule is COCC(=O)N1CCC[C@H]1c1nc(C)c2c(n1)N(Cc1ccccc1OC)C(=O)CC2. The third-order valence-electron chi connectivity index (χ3n) is 6.01. The molecule has 2 aromatic rings. The molecule has 1 atom stereocenters. The fraction of sp³-hybridized carbons (Fsp3) is 0.478. The maximum Gasteiger partial charge on any atom is 0.249 e. The molecule has 0 saturated carbocycles. The van der Waals surface area contributed by atoms with Gasteiger partial charge in [-0.3, -0.25) is 14.5 Å². The number of ether oxygens (including phenoxy) is 2. The quantitative estimate of drug-likeness (QED) is 0.709. The van der Waals surface area contributed by atoms with Crippen molar-refractivity contribution in [3.05, 3.63) is 46.9 Å². The van der Waals surface area contributed by atoms with Gasteiger partial charge < -0.3 is 14.4 Å². The minimum Gasteiger partial charge on any atom is -0.496 e. The monoisotopic (exact) mass is 424 g/mol. The number of hydrogen-bond donors (Lipinski definition) is 0. The molecule has 8 heteroatoms. The zero-order chi connectivity index (χ0) is 22.0. The second-order valence-corrected chi connectivity index (χ2v) is 7.94. The lowest BCUT2D eigenvalue weighted by Crippen LogP contribution is -2.38. The number of carbonyl (C=O) groups is 2. The van der Waals surface area contributed by atoms with E-state index in [0.717, 1.165) is 35.4 Å². The summed E-state index contributed by atoms with van der Waals surface area (Å²) < 4.78 is 10.5. The van der Waals surface area contributed by atoms with Gasteiger partial charge in [0.15, 0.2) is 5.82 Å². The van der Waals surface area contributed by atoms with Crippen LogP contribution in [0, 0.1) is 6.92 Å². The molecule has 1 aromatic carbocycles. The molecule has 0 N–H and O–H groups in total. The lowest BCUT2D eigenvalue weighted by molar-refractivity contribution is -0.136. The Morgan fingerprint density at radius 1 is 1.19 bits per heavy atom. The van der Waals surface area contributed by atoms with Crippen LogP contribution in [0.2, 0.25) is 0 Å². The molecule has 0 spiro atoms. The number of fused-ring (bicyclic) bond motifs is 1. The minimum absolute atomic E-state index is 0.0289. The first-order valence-corrected chi connectivity index (χ1v) is 10.6. The first-order chi connectivity index (χ1) is 15.0. The van der Waals surface area contributed by atoms with Gasteiger partial charge in [0.05, 0.1) is 19.7 Å². The number of likely N-dealkylation sites (tertiary alicyclic amines) is 1. The summed E-state index contributed by atoms with van der Waals surface area (Å²) in [6.45, 7) is 3.04. The molecule has 0 radical (unpaired) electrons. The van der Waals surface area contributed by atoms with Crippen molar-refractivity contribution in [1.82, 2.24) is 14.9 Å². The summed E-state index contributed by atoms with van der Waals surface area (Å²) >= 11 is 0. The average Bonchev–Trinajstić information content (AvgIpc) is 3.26. The van der Waals surface area contributed by atoms with Gasteiger partial charge in [-0.1, -0.05) is 18.2 Å². The zero-order valence-electron chi connectivity index (χ0n) is 18.3. The summed E-state index contributed by atoms with van der Waals surface area (Å²) in [5.74, 6) is 1.95. The van der Waals surface area contributed by atoms with Gasteiger partial charge in [-0.2, -0.15) is 0 Å². The van der Waals surface area contributed by atoms with Gasteiger partial charge in [0, 0.05) is 36.9 Å². The number of hydrogen-bond acceptors (Lipinski definition) is 6. The molecule has 1 saturated heterocycles. The van der Waals surface area contributed by atoms with Gasteiger partial charge in [0.1, 0.15) is 18.2 Å². The van der Waals surface area contributed by atoms with Crippen molar-refractivity contribution in [2.24, 2.45) is 0 Å². The topological polar surface area (TPSA) is 84.9 Å². The van der Waals surface area contributed by atoms with Crippen LogP contribution in [0.5, 0.6) is 5.75 Å². The van der Waals surface area contributed by atoms with Gasteiger partial charge in [-0.15, -0.1) is 0 Å². The number of rotatable bonds is 6. The second kappa shape index (κ2) is 9.01. The zero-order valence-corrected chi connectivity index (χ0v) is 18.3. The van der Waals surface area contributed by atoms with Crippen LogP contribution in [0.25, 0.3) is 0 Å². The van der Waals surface area contributed by atoms with Crippen molar-refractivity contribution in [2.45, 2.75) is 45.2 Å². The minimum atomic E-state index is -0.197. The molecule has 1 fully saturated rings. The van der Waals surface area contributed by atoms with Crippen molar-refractivity contribution in [1.29, 1.82) is 0 Å². The van der Waals surface area contributed by atoms with E-state index in [1.165, 1.54) is 7.11 Å². The van der Waals surface area contributed by atoms with Crippen molar-refractivity contribution in [3.8, 4) is 5.75 Å². The number of methoxy groups -OCH3 is 2. The maximum absolute atomic E-state index is 12.9. The number of carbonyl (C=O) groups excluding carboxylic acids is 2. The van der Waals surface area contributed by atoms with Crippen LogP contribution < -0.4 is 9.64 Å². The number of aryl methyl sites for hydroxylation is 1. The van der Waals surface area contributed by atoms with Crippen LogP contribution in [-0.4, -0.2) is 54.1 Å². The van der Waals surface area contributed by atoms with E-state index < -0.39 is 0 Å². The van der Waals surface area contributed by atoms with Crippen molar-refractivity contribution in [3.63, 3.8) is 0 Å². The maximum atomic E-state index is 12.9. The Morgan fingerprint density at radius 3 is 2.77 bits per heavy atom. The normalized spacial score (nSPS) is 18.3. The molecule has 31 heavy (non-hydrogen) atoms. The predicted molar refractivity (Wildman–Crippen MR) is 115 cm³/mol. The summed E-state index contributed by atoms with van der Waals surface area (Å²) in [5, 5.41) is 0. The van der Waals surface area contributed by atoms with Crippen LogP contribution in [0.4, 0.5) is 5.82 Å². The van der Waals surface area contributed by atoms with Gasteiger partial charge in [0.2, 0.25) is 11.8 Å². The van der Waals surface area contributed by atoms with Crippen LogP contribution in [0.3, 0.4) is 0 Å². The lowest BCUT2D eigenvalue weighted by atomic mass is 10.0. The lowest BCUT2D eigenvalue weighted by Gasteiger charge is -2.31. The summed E-state index contributed by atoms with van der Waals surface area (Å²) in [6.07, 6.45) is 2.74. The molecule has 0 aliphatic carbocycles.